The molecule has 49 heavy (non-hydrogen) atoms. The average Bonchev–Trinajstić information content (AvgIpc) is 3.45. The smallest absolute Gasteiger partial charge is 0.264 e. The summed E-state index contributed by atoms with van der Waals surface area (Å²) in [6.07, 6.45) is 3.96. The van der Waals surface area contributed by atoms with E-state index in [1.54, 1.807) is 18.2 Å². The molecule has 252 valence electrons. The largest absolute Gasteiger partial charge is 0.382 e. The minimum atomic E-state index is -1.04. The first-order valence-corrected chi connectivity index (χ1v) is 16.9. The van der Waals surface area contributed by atoms with Crippen molar-refractivity contribution in [1.29, 1.82) is 0 Å². The number of anilines is 1. The molecule has 1 aromatic heterocycles. The van der Waals surface area contributed by atoms with Crippen LogP contribution in [-0.4, -0.2) is 64.7 Å². The van der Waals surface area contributed by atoms with Gasteiger partial charge in [0.15, 0.2) is 5.78 Å². The number of halogens is 1. The third-order valence-electron chi connectivity index (χ3n) is 9.62. The summed E-state index contributed by atoms with van der Waals surface area (Å²) in [5, 5.41) is 6.22. The number of rotatable bonds is 11. The van der Waals surface area contributed by atoms with Crippen LogP contribution < -0.4 is 10.6 Å². The first-order chi connectivity index (χ1) is 23.8. The third-order valence-corrected chi connectivity index (χ3v) is 9.62. The van der Waals surface area contributed by atoms with Crippen LogP contribution in [0, 0.1) is 5.82 Å². The molecule has 1 fully saturated rings. The Morgan fingerprint density at radius 3 is 2.53 bits per heavy atom. The molecule has 1 atom stereocenters. The van der Waals surface area contributed by atoms with Gasteiger partial charge >= 0.3 is 0 Å². The summed E-state index contributed by atoms with van der Waals surface area (Å²) in [7, 11) is 0. The summed E-state index contributed by atoms with van der Waals surface area (Å²) < 4.78 is 23.0. The number of hydrogen-bond donors (Lipinski definition) is 2. The van der Waals surface area contributed by atoms with E-state index in [4.69, 9.17) is 4.74 Å². The van der Waals surface area contributed by atoms with Crippen molar-refractivity contribution in [3.63, 3.8) is 0 Å². The van der Waals surface area contributed by atoms with Crippen LogP contribution in [0.1, 0.15) is 81.2 Å². The molecule has 11 heteroatoms. The number of piperidine rings is 1. The number of nitrogens with one attached hydrogen (secondary N) is 2. The van der Waals surface area contributed by atoms with Gasteiger partial charge in [0.05, 0.1) is 35.6 Å². The van der Waals surface area contributed by atoms with Crippen molar-refractivity contribution in [2.75, 3.05) is 25.1 Å². The van der Waals surface area contributed by atoms with Crippen LogP contribution in [0.2, 0.25) is 0 Å². The second-order valence-corrected chi connectivity index (χ2v) is 12.8. The van der Waals surface area contributed by atoms with Gasteiger partial charge in [0.1, 0.15) is 11.9 Å². The van der Waals surface area contributed by atoms with Gasteiger partial charge in [0, 0.05) is 42.6 Å². The van der Waals surface area contributed by atoms with Gasteiger partial charge < -0.3 is 14.6 Å². The Balaban J connectivity index is 1.07. The predicted molar refractivity (Wildman–Crippen MR) is 181 cm³/mol. The number of imide groups is 2. The highest BCUT2D eigenvalue weighted by Crippen LogP contribution is 2.40. The molecular formula is C38H37FN4O6. The Bertz CT molecular complexity index is 2020. The third kappa shape index (κ3) is 5.92. The van der Waals surface area contributed by atoms with Crippen LogP contribution >= 0.6 is 0 Å². The van der Waals surface area contributed by atoms with Crippen molar-refractivity contribution in [1.82, 2.24) is 14.8 Å². The Morgan fingerprint density at radius 2 is 1.76 bits per heavy atom. The molecule has 2 aliphatic heterocycles. The second kappa shape index (κ2) is 13.4. The van der Waals surface area contributed by atoms with E-state index in [1.807, 2.05) is 0 Å². The molecule has 3 aliphatic rings. The lowest BCUT2D eigenvalue weighted by atomic mass is 9.99. The van der Waals surface area contributed by atoms with Crippen LogP contribution in [-0.2, 0) is 33.7 Å². The topological polar surface area (TPSA) is 127 Å². The summed E-state index contributed by atoms with van der Waals surface area (Å²) in [5.41, 5.74) is 6.25. The first kappa shape index (κ1) is 32.4. The molecule has 0 bridgehead atoms. The maximum absolute atomic E-state index is 14.9. The molecule has 10 nitrogen and oxygen atoms in total. The number of aryl methyl sites for hydroxylation is 2. The van der Waals surface area contributed by atoms with Crippen LogP contribution in [0.15, 0.2) is 54.6 Å². The SMILES string of the molecule is CCCc1ccc(-c2c3c4c(cc(F)cc4n2CCOCCNc2cccc4c2C(=O)N(C2CCC(=O)NC2=O)C4=O)C(=O)CCC3)cc1. The van der Waals surface area contributed by atoms with Gasteiger partial charge in [-0.15, -0.1) is 0 Å². The van der Waals surface area contributed by atoms with E-state index in [-0.39, 0.29) is 36.4 Å². The highest BCUT2D eigenvalue weighted by Gasteiger charge is 2.45. The minimum Gasteiger partial charge on any atom is -0.382 e. The second-order valence-electron chi connectivity index (χ2n) is 12.8. The highest BCUT2D eigenvalue weighted by atomic mass is 19.1. The van der Waals surface area contributed by atoms with E-state index in [0.717, 1.165) is 39.9 Å². The standard InChI is InChI=1S/C38H37FN4O6/c1-2-5-22-10-12-23(13-11-22)35-25-6-4-9-31(44)27-20-24(39)21-30(33(25)27)42(35)17-19-49-18-16-40-28-8-3-7-26-34(28)38(48)43(37(26)47)29-14-15-32(45)41-36(29)46/h3,7-8,10-13,20-21,29,40H,2,4-6,9,14-19H2,1H3,(H,41,45,46). The van der Waals surface area contributed by atoms with E-state index in [1.165, 1.54) is 17.7 Å². The molecule has 2 N–H and O–H groups in total. The maximum atomic E-state index is 14.9. The number of carbonyl (C=O) groups excluding carboxylic acids is 5. The van der Waals surface area contributed by atoms with Crippen molar-refractivity contribution >= 4 is 46.0 Å². The zero-order valence-electron chi connectivity index (χ0n) is 27.3. The lowest BCUT2D eigenvalue weighted by Gasteiger charge is -2.27. The number of aromatic nitrogens is 1. The zero-order chi connectivity index (χ0) is 34.2. The van der Waals surface area contributed by atoms with Crippen molar-refractivity contribution in [3.05, 3.63) is 88.2 Å². The Morgan fingerprint density at radius 1 is 0.939 bits per heavy atom. The first-order valence-electron chi connectivity index (χ1n) is 16.9. The number of carbonyl (C=O) groups is 5. The quantitative estimate of drug-likeness (QED) is 0.161. The molecule has 4 aromatic rings. The van der Waals surface area contributed by atoms with E-state index in [9.17, 15) is 28.4 Å². The highest BCUT2D eigenvalue weighted by molar-refractivity contribution is 6.25. The fraction of sp³-hybridized carbons (Fsp3) is 0.342. The average molecular weight is 665 g/mol. The van der Waals surface area contributed by atoms with Gasteiger partial charge in [-0.1, -0.05) is 43.7 Å². The van der Waals surface area contributed by atoms with Gasteiger partial charge in [-0.2, -0.15) is 0 Å². The maximum Gasteiger partial charge on any atom is 0.264 e. The minimum absolute atomic E-state index is 0.0413. The monoisotopic (exact) mass is 664 g/mol. The molecule has 7 rings (SSSR count). The van der Waals surface area contributed by atoms with E-state index in [2.05, 4.69) is 46.4 Å². The molecule has 0 spiro atoms. The van der Waals surface area contributed by atoms with Crippen molar-refractivity contribution in [2.45, 2.75) is 64.5 Å². The van der Waals surface area contributed by atoms with Gasteiger partial charge in [-0.3, -0.25) is 34.2 Å². The number of ketones is 1. The normalized spacial score (nSPS) is 17.5. The van der Waals surface area contributed by atoms with Gasteiger partial charge in [0.2, 0.25) is 11.8 Å². The molecule has 1 saturated heterocycles. The summed E-state index contributed by atoms with van der Waals surface area (Å²) in [5.74, 6) is -2.72. The van der Waals surface area contributed by atoms with Gasteiger partial charge in [0.25, 0.3) is 11.8 Å². The van der Waals surface area contributed by atoms with Crippen molar-refractivity contribution < 1.29 is 33.1 Å². The van der Waals surface area contributed by atoms with Crippen LogP contribution in [0.4, 0.5) is 10.1 Å². The lowest BCUT2D eigenvalue weighted by molar-refractivity contribution is -0.136. The van der Waals surface area contributed by atoms with Gasteiger partial charge in [-0.25, -0.2) is 4.39 Å². The molecular weight excluding hydrogens is 627 g/mol. The van der Waals surface area contributed by atoms with Crippen molar-refractivity contribution in [3.8, 4) is 11.3 Å². The van der Waals surface area contributed by atoms with Crippen molar-refractivity contribution in [2.24, 2.45) is 0 Å². The number of Topliss-reactive ketones (excluding diaryl/α,β-unsaturated/α-hetero) is 1. The number of nitrogens with zero attached hydrogens (tertiary/aromatic N) is 2. The van der Waals surface area contributed by atoms with Crippen LogP contribution in [0.25, 0.3) is 22.2 Å². The fourth-order valence-electron chi connectivity index (χ4n) is 7.41. The number of fused-ring (bicyclic) bond motifs is 1. The predicted octanol–water partition coefficient (Wildman–Crippen LogP) is 5.45. The van der Waals surface area contributed by atoms with E-state index < -0.39 is 35.5 Å². The van der Waals surface area contributed by atoms with Crippen LogP contribution in [0.3, 0.4) is 0 Å². The zero-order valence-corrected chi connectivity index (χ0v) is 27.3. The Hall–Kier alpha value is -5.16. The number of ether oxygens (including phenoxy) is 1. The summed E-state index contributed by atoms with van der Waals surface area (Å²) in [6, 6.07) is 15.2. The molecule has 3 heterocycles. The van der Waals surface area contributed by atoms with Crippen LogP contribution in [0.5, 0.6) is 0 Å². The molecule has 3 aromatic carbocycles. The molecule has 1 aliphatic carbocycles. The summed E-state index contributed by atoms with van der Waals surface area (Å²) >= 11 is 0. The summed E-state index contributed by atoms with van der Waals surface area (Å²) in [4.78, 5) is 64.6. The number of benzene rings is 3. The molecule has 4 amide bonds. The van der Waals surface area contributed by atoms with E-state index in [0.29, 0.717) is 55.7 Å². The fourth-order valence-corrected chi connectivity index (χ4v) is 7.41. The number of hydrogen-bond acceptors (Lipinski definition) is 7. The summed E-state index contributed by atoms with van der Waals surface area (Å²) in [6.45, 7) is 3.47. The molecule has 1 unspecified atom stereocenters. The molecule has 0 radical (unpaired) electrons. The number of amides is 4. The Kier molecular flexibility index (Phi) is 8.85. The molecule has 0 saturated carbocycles. The Labute approximate surface area is 282 Å². The lowest BCUT2D eigenvalue weighted by Crippen LogP contribution is -2.54. The van der Waals surface area contributed by atoms with Gasteiger partial charge in [-0.05, 0) is 66.6 Å². The van der Waals surface area contributed by atoms with E-state index >= 15 is 0 Å².